The van der Waals surface area contributed by atoms with Crippen molar-refractivity contribution in [2.75, 3.05) is 6.61 Å². The van der Waals surface area contributed by atoms with Crippen molar-refractivity contribution < 1.29 is 33.3 Å². The molecule has 0 saturated carbocycles. The Morgan fingerprint density at radius 1 is 1.14 bits per heavy atom. The van der Waals surface area contributed by atoms with Gasteiger partial charge in [-0.15, -0.1) is 0 Å². The highest BCUT2D eigenvalue weighted by Crippen LogP contribution is 2.37. The first kappa shape index (κ1) is 21.2. The number of carbonyl (C=O) groups is 3. The number of ether oxygens (including phenoxy) is 4. The van der Waals surface area contributed by atoms with E-state index in [2.05, 4.69) is 15.0 Å². The first-order chi connectivity index (χ1) is 13.7. The summed E-state index contributed by atoms with van der Waals surface area (Å²) in [6, 6.07) is 0. The molecule has 0 amide bonds. The summed E-state index contributed by atoms with van der Waals surface area (Å²) in [5.74, 6) is -2.78. The van der Waals surface area contributed by atoms with Gasteiger partial charge in [0.2, 0.25) is 5.28 Å². The highest BCUT2D eigenvalue weighted by molar-refractivity contribution is 6.35. The number of imidazole rings is 1. The lowest BCUT2D eigenvalue weighted by molar-refractivity contribution is -0.202. The van der Waals surface area contributed by atoms with Gasteiger partial charge in [0.1, 0.15) is 5.52 Å². The molecular weight excluding hydrogens is 431 g/mol. The number of aromatic nitrogens is 4. The molecule has 0 aliphatic carbocycles. The highest BCUT2D eigenvalue weighted by Gasteiger charge is 2.48. The monoisotopic (exact) mass is 446 g/mol. The Morgan fingerprint density at radius 3 is 2.38 bits per heavy atom. The van der Waals surface area contributed by atoms with E-state index >= 15 is 0 Å². The van der Waals surface area contributed by atoms with Crippen LogP contribution in [0.25, 0.3) is 11.2 Å². The van der Waals surface area contributed by atoms with Gasteiger partial charge in [0.05, 0.1) is 18.9 Å². The number of halogens is 2. The highest BCUT2D eigenvalue weighted by atomic mass is 35.5. The van der Waals surface area contributed by atoms with Crippen LogP contribution in [0.4, 0.5) is 0 Å². The van der Waals surface area contributed by atoms with Crippen LogP contribution >= 0.6 is 23.2 Å². The maximum Gasteiger partial charge on any atom is 0.305 e. The zero-order valence-corrected chi connectivity index (χ0v) is 17.0. The molecule has 11 nitrogen and oxygen atoms in total. The molecule has 0 spiro atoms. The summed E-state index contributed by atoms with van der Waals surface area (Å²) < 4.78 is 22.8. The van der Waals surface area contributed by atoms with Crippen LogP contribution in [0.5, 0.6) is 0 Å². The third kappa shape index (κ3) is 4.57. The zero-order valence-electron chi connectivity index (χ0n) is 15.5. The van der Waals surface area contributed by atoms with Crippen LogP contribution in [0.2, 0.25) is 10.4 Å². The largest absolute Gasteiger partial charge is 0.457 e. The van der Waals surface area contributed by atoms with Crippen LogP contribution < -0.4 is 0 Å². The minimum Gasteiger partial charge on any atom is -0.457 e. The molecule has 29 heavy (non-hydrogen) atoms. The normalized spacial score (nSPS) is 21.4. The summed E-state index contributed by atoms with van der Waals surface area (Å²) in [5, 5.41) is -0.0735. The van der Waals surface area contributed by atoms with Crippen LogP contribution in [0.1, 0.15) is 27.0 Å². The summed E-state index contributed by atoms with van der Waals surface area (Å²) in [7, 11) is 0. The van der Waals surface area contributed by atoms with Gasteiger partial charge in [0.15, 0.2) is 23.1 Å². The Hall–Kier alpha value is -2.50. The molecule has 13 heteroatoms. The van der Waals surface area contributed by atoms with E-state index < -0.39 is 42.4 Å². The van der Waals surface area contributed by atoms with Crippen LogP contribution in [0, 0.1) is 5.92 Å². The molecule has 3 rings (SSSR count). The molecule has 0 N–H and O–H groups in total. The van der Waals surface area contributed by atoms with Crippen molar-refractivity contribution in [2.45, 2.75) is 39.4 Å². The predicted molar refractivity (Wildman–Crippen MR) is 96.7 cm³/mol. The fourth-order valence-electron chi connectivity index (χ4n) is 2.99. The topological polar surface area (TPSA) is 132 Å². The van der Waals surface area contributed by atoms with Gasteiger partial charge in [-0.2, -0.15) is 4.98 Å². The Morgan fingerprint density at radius 2 is 1.79 bits per heavy atom. The SMILES string of the molecule is CC(=O)OC(OC(C)=O)[C@@H]1CO[C@@H](n2cnc3c(Cl)nc(Cl)nc32)[C@@H]1OC(C)=O. The Kier molecular flexibility index (Phi) is 6.20. The van der Waals surface area contributed by atoms with Crippen molar-refractivity contribution in [3.8, 4) is 0 Å². The van der Waals surface area contributed by atoms with Crippen LogP contribution in [-0.2, 0) is 33.3 Å². The maximum absolute atomic E-state index is 11.7. The molecule has 0 aromatic carbocycles. The fourth-order valence-corrected chi connectivity index (χ4v) is 3.41. The van der Waals surface area contributed by atoms with Gasteiger partial charge in [-0.05, 0) is 11.6 Å². The molecule has 1 fully saturated rings. The smallest absolute Gasteiger partial charge is 0.305 e. The molecular formula is C16H16Cl2N4O7. The molecule has 1 saturated heterocycles. The van der Waals surface area contributed by atoms with Crippen molar-refractivity contribution in [3.63, 3.8) is 0 Å². The lowest BCUT2D eigenvalue weighted by Gasteiger charge is -2.27. The number of carbonyl (C=O) groups excluding carboxylic acids is 3. The quantitative estimate of drug-likeness (QED) is 0.289. The first-order valence-electron chi connectivity index (χ1n) is 8.36. The summed E-state index contributed by atoms with van der Waals surface area (Å²) in [4.78, 5) is 46.7. The number of fused-ring (bicyclic) bond motifs is 1. The molecule has 0 bridgehead atoms. The lowest BCUT2D eigenvalue weighted by atomic mass is 10.0. The second-order valence-electron chi connectivity index (χ2n) is 6.16. The van der Waals surface area contributed by atoms with Gasteiger partial charge in [0.25, 0.3) is 6.29 Å². The molecule has 3 atom stereocenters. The second-order valence-corrected chi connectivity index (χ2v) is 6.85. The van der Waals surface area contributed by atoms with E-state index in [1.807, 2.05) is 0 Å². The molecule has 2 aromatic rings. The summed E-state index contributed by atoms with van der Waals surface area (Å²) in [6.07, 6.45) is -1.88. The Balaban J connectivity index is 2.00. The number of esters is 3. The van der Waals surface area contributed by atoms with E-state index in [0.29, 0.717) is 0 Å². The average Bonchev–Trinajstić information content (AvgIpc) is 3.16. The molecule has 1 aliphatic heterocycles. The number of nitrogens with zero attached hydrogens (tertiary/aromatic N) is 4. The van der Waals surface area contributed by atoms with Crippen LogP contribution in [0.15, 0.2) is 6.33 Å². The molecule has 3 heterocycles. The minimum atomic E-state index is -1.32. The van der Waals surface area contributed by atoms with Crippen molar-refractivity contribution >= 4 is 52.3 Å². The van der Waals surface area contributed by atoms with Crippen LogP contribution in [-0.4, -0.2) is 56.4 Å². The van der Waals surface area contributed by atoms with Crippen molar-refractivity contribution in [3.05, 3.63) is 16.8 Å². The molecule has 0 radical (unpaired) electrons. The standard InChI is InChI=1S/C16H16Cl2N4O7/c1-6(23)27-11-9(15(28-7(2)24)29-8(3)25)4-26-14(11)22-5-19-10-12(17)20-16(18)21-13(10)22/h5,9,11,14-15H,4H2,1-3H3/t9-,11-,14-/m1/s1. The van der Waals surface area contributed by atoms with Gasteiger partial charge < -0.3 is 18.9 Å². The summed E-state index contributed by atoms with van der Waals surface area (Å²) >= 11 is 11.9. The molecule has 1 aliphatic rings. The third-order valence-electron chi connectivity index (χ3n) is 4.00. The van der Waals surface area contributed by atoms with Crippen molar-refractivity contribution in [2.24, 2.45) is 5.92 Å². The van der Waals surface area contributed by atoms with E-state index in [1.165, 1.54) is 17.8 Å². The number of rotatable bonds is 5. The van der Waals surface area contributed by atoms with Gasteiger partial charge >= 0.3 is 17.9 Å². The second kappa shape index (κ2) is 8.47. The molecule has 2 aromatic heterocycles. The summed E-state index contributed by atoms with van der Waals surface area (Å²) in [5.41, 5.74) is 0.510. The van der Waals surface area contributed by atoms with Crippen LogP contribution in [0.3, 0.4) is 0 Å². The zero-order chi connectivity index (χ0) is 21.3. The van der Waals surface area contributed by atoms with Gasteiger partial charge in [-0.1, -0.05) is 11.6 Å². The molecule has 156 valence electrons. The first-order valence-corrected chi connectivity index (χ1v) is 9.11. The Labute approximate surface area is 174 Å². The van der Waals surface area contributed by atoms with Crippen molar-refractivity contribution in [1.82, 2.24) is 19.5 Å². The number of hydrogen-bond donors (Lipinski definition) is 0. The third-order valence-corrected chi connectivity index (χ3v) is 4.44. The van der Waals surface area contributed by atoms with Crippen molar-refractivity contribution in [1.29, 1.82) is 0 Å². The minimum absolute atomic E-state index is 0.0371. The molecule has 0 unspecified atom stereocenters. The Bertz CT molecular complexity index is 950. The van der Waals surface area contributed by atoms with Gasteiger partial charge in [-0.3, -0.25) is 19.0 Å². The van der Waals surface area contributed by atoms with E-state index in [-0.39, 0.29) is 28.2 Å². The van der Waals surface area contributed by atoms with E-state index in [9.17, 15) is 14.4 Å². The van der Waals surface area contributed by atoms with E-state index in [4.69, 9.17) is 42.1 Å². The summed E-state index contributed by atoms with van der Waals surface area (Å²) in [6.45, 7) is 3.48. The lowest BCUT2D eigenvalue weighted by Crippen LogP contribution is -2.40. The number of hydrogen-bond acceptors (Lipinski definition) is 10. The fraction of sp³-hybridized carbons (Fsp3) is 0.500. The van der Waals surface area contributed by atoms with E-state index in [1.54, 1.807) is 0 Å². The van der Waals surface area contributed by atoms with E-state index in [0.717, 1.165) is 13.8 Å². The van der Waals surface area contributed by atoms with Gasteiger partial charge in [0, 0.05) is 20.8 Å². The average molecular weight is 447 g/mol. The van der Waals surface area contributed by atoms with Gasteiger partial charge in [-0.25, -0.2) is 9.97 Å². The predicted octanol–water partition coefficient (Wildman–Crippen LogP) is 1.66. The maximum atomic E-state index is 11.7.